The molecule has 1 aromatic carbocycles. The average Bonchev–Trinajstić information content (AvgIpc) is 2.88. The zero-order chi connectivity index (χ0) is 16.5. The number of hydrogen-bond donors (Lipinski definition) is 1. The molecule has 1 aliphatic heterocycles. The van der Waals surface area contributed by atoms with Gasteiger partial charge in [-0.05, 0) is 38.5 Å². The Morgan fingerprint density at radius 1 is 1.27 bits per heavy atom. The fourth-order valence-electron chi connectivity index (χ4n) is 2.62. The van der Waals surface area contributed by atoms with Crippen molar-refractivity contribution in [2.45, 2.75) is 38.3 Å². The van der Waals surface area contributed by atoms with E-state index in [1.165, 1.54) is 0 Å². The first-order valence-electron chi connectivity index (χ1n) is 7.30. The second-order valence-electron chi connectivity index (χ2n) is 6.60. The molecule has 6 heteroatoms. The summed E-state index contributed by atoms with van der Waals surface area (Å²) in [5.41, 5.74) is 0.566. The van der Waals surface area contributed by atoms with Crippen molar-refractivity contribution in [3.05, 3.63) is 33.8 Å². The highest BCUT2D eigenvalue weighted by Gasteiger charge is 2.35. The second kappa shape index (κ2) is 6.65. The summed E-state index contributed by atoms with van der Waals surface area (Å²) >= 11 is 12.1. The number of rotatable bonds is 2. The number of carbonyl (C=O) groups is 1. The summed E-state index contributed by atoms with van der Waals surface area (Å²) in [5.74, 6) is 0.160. The molecule has 0 saturated carbocycles. The van der Waals surface area contributed by atoms with Crippen molar-refractivity contribution in [2.24, 2.45) is 0 Å². The molecule has 0 radical (unpaired) electrons. The topological polar surface area (TPSA) is 41.6 Å². The molecule has 1 N–H and O–H groups in total. The molecule has 0 spiro atoms. The molecule has 0 aromatic heterocycles. The lowest BCUT2D eigenvalue weighted by molar-refractivity contribution is 0.0224. The molecule has 122 valence electrons. The van der Waals surface area contributed by atoms with Crippen LogP contribution in [0.2, 0.25) is 10.0 Å². The predicted octanol–water partition coefficient (Wildman–Crippen LogP) is 3.92. The summed E-state index contributed by atoms with van der Waals surface area (Å²) in [6.07, 6.45) is -0.314. The first kappa shape index (κ1) is 17.4. The van der Waals surface area contributed by atoms with Crippen molar-refractivity contribution in [1.29, 1.82) is 0 Å². The Kier molecular flexibility index (Phi) is 5.25. The molecule has 1 aromatic rings. The Balaban J connectivity index is 2.16. The van der Waals surface area contributed by atoms with Crippen molar-refractivity contribution in [2.75, 3.05) is 20.1 Å². The van der Waals surface area contributed by atoms with Crippen LogP contribution in [0.4, 0.5) is 4.79 Å². The van der Waals surface area contributed by atoms with E-state index in [0.29, 0.717) is 10.0 Å². The van der Waals surface area contributed by atoms with Crippen LogP contribution < -0.4 is 5.32 Å². The second-order valence-corrected chi connectivity index (χ2v) is 7.41. The molecular weight excluding hydrogens is 323 g/mol. The number of benzene rings is 1. The van der Waals surface area contributed by atoms with E-state index in [2.05, 4.69) is 5.32 Å². The molecule has 2 rings (SSSR count). The summed E-state index contributed by atoms with van der Waals surface area (Å²) in [6.45, 7) is 7.10. The minimum absolute atomic E-state index is 0.0205. The van der Waals surface area contributed by atoms with E-state index in [4.69, 9.17) is 27.9 Å². The van der Waals surface area contributed by atoms with Crippen LogP contribution in [0.3, 0.4) is 0 Å². The predicted molar refractivity (Wildman–Crippen MR) is 89.9 cm³/mol. The van der Waals surface area contributed by atoms with Crippen LogP contribution in [0.15, 0.2) is 18.2 Å². The number of likely N-dealkylation sites (N-methyl/N-ethyl adjacent to an activating group) is 1. The van der Waals surface area contributed by atoms with Gasteiger partial charge in [0.2, 0.25) is 0 Å². The summed E-state index contributed by atoms with van der Waals surface area (Å²) in [5, 5.41) is 4.40. The lowest BCUT2D eigenvalue weighted by Gasteiger charge is -2.31. The maximum absolute atomic E-state index is 12.3. The van der Waals surface area contributed by atoms with Crippen molar-refractivity contribution < 1.29 is 9.53 Å². The van der Waals surface area contributed by atoms with Gasteiger partial charge in [0.15, 0.2) is 0 Å². The Bertz CT molecular complexity index is 558. The number of ether oxygens (including phenoxy) is 1. The fourth-order valence-corrected chi connectivity index (χ4v) is 2.93. The SMILES string of the molecule is CN(C(=O)OC(C)(C)C)C1CNC[C@@H]1c1ccc(Cl)c(Cl)c1. The van der Waals surface area contributed by atoms with Crippen LogP contribution >= 0.6 is 23.2 Å². The Morgan fingerprint density at radius 3 is 2.55 bits per heavy atom. The minimum atomic E-state index is -0.504. The smallest absolute Gasteiger partial charge is 0.410 e. The van der Waals surface area contributed by atoms with Gasteiger partial charge < -0.3 is 15.0 Å². The molecule has 22 heavy (non-hydrogen) atoms. The van der Waals surface area contributed by atoms with Gasteiger partial charge in [-0.25, -0.2) is 4.79 Å². The van der Waals surface area contributed by atoms with Gasteiger partial charge >= 0.3 is 6.09 Å². The standard InChI is InChI=1S/C16H22Cl2N2O2/c1-16(2,3)22-15(21)20(4)14-9-19-8-11(14)10-5-6-12(17)13(18)7-10/h5-7,11,14,19H,8-9H2,1-4H3/t11-,14?/m1/s1. The highest BCUT2D eigenvalue weighted by Crippen LogP contribution is 2.31. The minimum Gasteiger partial charge on any atom is -0.444 e. The van der Waals surface area contributed by atoms with Crippen molar-refractivity contribution >= 4 is 29.3 Å². The number of nitrogens with zero attached hydrogens (tertiary/aromatic N) is 1. The lowest BCUT2D eigenvalue weighted by atomic mass is 9.93. The largest absolute Gasteiger partial charge is 0.444 e. The van der Waals surface area contributed by atoms with Crippen LogP contribution in [0, 0.1) is 0 Å². The summed E-state index contributed by atoms with van der Waals surface area (Å²) in [4.78, 5) is 13.9. The summed E-state index contributed by atoms with van der Waals surface area (Å²) in [7, 11) is 1.77. The molecule has 2 atom stereocenters. The van der Waals surface area contributed by atoms with Crippen LogP contribution in [0.25, 0.3) is 0 Å². The Morgan fingerprint density at radius 2 is 1.95 bits per heavy atom. The fraction of sp³-hybridized carbons (Fsp3) is 0.562. The third kappa shape index (κ3) is 4.06. The van der Waals surface area contributed by atoms with E-state index in [0.717, 1.165) is 18.7 Å². The van der Waals surface area contributed by atoms with Gasteiger partial charge in [-0.15, -0.1) is 0 Å². The highest BCUT2D eigenvalue weighted by molar-refractivity contribution is 6.42. The number of nitrogens with one attached hydrogen (secondary N) is 1. The molecule has 4 nitrogen and oxygen atoms in total. The van der Waals surface area contributed by atoms with Gasteiger partial charge in [-0.3, -0.25) is 0 Å². The third-order valence-corrected chi connectivity index (χ3v) is 4.47. The molecule has 1 unspecified atom stereocenters. The average molecular weight is 345 g/mol. The number of amides is 1. The van der Waals surface area contributed by atoms with Gasteiger partial charge in [0, 0.05) is 26.1 Å². The lowest BCUT2D eigenvalue weighted by Crippen LogP contribution is -2.44. The van der Waals surface area contributed by atoms with E-state index < -0.39 is 5.60 Å². The van der Waals surface area contributed by atoms with Gasteiger partial charge in [0.05, 0.1) is 16.1 Å². The van der Waals surface area contributed by atoms with Gasteiger partial charge in [-0.2, -0.15) is 0 Å². The molecule has 0 bridgehead atoms. The molecule has 1 heterocycles. The molecular formula is C16H22Cl2N2O2. The van der Waals surface area contributed by atoms with Crippen LogP contribution in [0.5, 0.6) is 0 Å². The Hall–Kier alpha value is -0.970. The zero-order valence-corrected chi connectivity index (χ0v) is 14.8. The van der Waals surface area contributed by atoms with Crippen molar-refractivity contribution in [1.82, 2.24) is 10.2 Å². The number of carbonyl (C=O) groups excluding carboxylic acids is 1. The third-order valence-electron chi connectivity index (χ3n) is 3.73. The van der Waals surface area contributed by atoms with E-state index in [-0.39, 0.29) is 18.1 Å². The van der Waals surface area contributed by atoms with Crippen molar-refractivity contribution in [3.8, 4) is 0 Å². The first-order valence-corrected chi connectivity index (χ1v) is 8.06. The molecule has 0 aliphatic carbocycles. The van der Waals surface area contributed by atoms with Crippen LogP contribution in [-0.2, 0) is 4.74 Å². The molecule has 1 amide bonds. The van der Waals surface area contributed by atoms with Crippen LogP contribution in [0.1, 0.15) is 32.3 Å². The first-order chi connectivity index (χ1) is 10.2. The maximum atomic E-state index is 12.3. The van der Waals surface area contributed by atoms with E-state index in [1.54, 1.807) is 18.0 Å². The monoisotopic (exact) mass is 344 g/mol. The summed E-state index contributed by atoms with van der Waals surface area (Å²) in [6, 6.07) is 5.65. The number of halogens is 2. The van der Waals surface area contributed by atoms with E-state index in [1.807, 2.05) is 32.9 Å². The van der Waals surface area contributed by atoms with E-state index in [9.17, 15) is 4.79 Å². The molecule has 1 fully saturated rings. The zero-order valence-electron chi connectivity index (χ0n) is 13.3. The molecule has 1 aliphatic rings. The van der Waals surface area contributed by atoms with Gasteiger partial charge in [-0.1, -0.05) is 29.3 Å². The summed E-state index contributed by atoms with van der Waals surface area (Å²) < 4.78 is 5.45. The van der Waals surface area contributed by atoms with Gasteiger partial charge in [0.25, 0.3) is 0 Å². The van der Waals surface area contributed by atoms with Crippen LogP contribution in [-0.4, -0.2) is 42.8 Å². The number of hydrogen-bond acceptors (Lipinski definition) is 3. The normalized spacial score (nSPS) is 21.7. The highest BCUT2D eigenvalue weighted by atomic mass is 35.5. The quantitative estimate of drug-likeness (QED) is 0.883. The maximum Gasteiger partial charge on any atom is 0.410 e. The molecule has 1 saturated heterocycles. The van der Waals surface area contributed by atoms with E-state index >= 15 is 0 Å². The van der Waals surface area contributed by atoms with Crippen molar-refractivity contribution in [3.63, 3.8) is 0 Å². The Labute approximate surface area is 141 Å². The van der Waals surface area contributed by atoms with Gasteiger partial charge in [0.1, 0.15) is 5.60 Å².